The van der Waals surface area contributed by atoms with E-state index >= 15 is 0 Å². The molecule has 1 fully saturated rings. The average molecular weight is 237 g/mol. The second kappa shape index (κ2) is 5.16. The first-order valence-corrected chi connectivity index (χ1v) is 5.49. The molecule has 1 aliphatic heterocycles. The van der Waals surface area contributed by atoms with Crippen molar-refractivity contribution >= 4 is 11.8 Å². The Labute approximate surface area is 99.6 Å². The highest BCUT2D eigenvalue weighted by atomic mass is 16.7. The van der Waals surface area contributed by atoms with Gasteiger partial charge < -0.3 is 14.6 Å². The average Bonchev–Trinajstić information content (AvgIpc) is 2.39. The maximum atomic E-state index is 11.0. The number of carboxylic acid groups (broad SMARTS) is 1. The van der Waals surface area contributed by atoms with Gasteiger partial charge in [0.25, 0.3) is 0 Å². The molecule has 0 aliphatic carbocycles. The third kappa shape index (κ3) is 2.57. The number of carbonyl (C=O) groups is 1. The fourth-order valence-corrected chi connectivity index (χ4v) is 1.76. The normalized spacial score (nSPS) is 16.8. The molecule has 1 heterocycles. The molecule has 1 N–H and O–H groups in total. The molecule has 5 nitrogen and oxygen atoms in total. The first kappa shape index (κ1) is 11.9. The molecule has 1 aromatic rings. The molecular weight excluding hydrogens is 222 g/mol. The van der Waals surface area contributed by atoms with Crippen LogP contribution in [-0.4, -0.2) is 31.5 Å². The molecule has 0 spiro atoms. The van der Waals surface area contributed by atoms with Crippen molar-refractivity contribution in [3.8, 4) is 0 Å². The third-order valence-electron chi connectivity index (χ3n) is 2.67. The maximum absolute atomic E-state index is 11.0. The van der Waals surface area contributed by atoms with E-state index in [1.54, 1.807) is 12.1 Å². The maximum Gasteiger partial charge on any atom is 0.411 e. The summed E-state index contributed by atoms with van der Waals surface area (Å²) < 4.78 is 11.0. The molecule has 0 unspecified atom stereocenters. The van der Waals surface area contributed by atoms with E-state index in [0.717, 1.165) is 16.9 Å². The predicted octanol–water partition coefficient (Wildman–Crippen LogP) is 2.24. The zero-order valence-corrected chi connectivity index (χ0v) is 9.63. The van der Waals surface area contributed by atoms with Crippen LogP contribution in [0, 0.1) is 0 Å². The van der Waals surface area contributed by atoms with E-state index in [9.17, 15) is 4.79 Å². The smallest absolute Gasteiger partial charge is 0.411 e. The van der Waals surface area contributed by atoms with Crippen LogP contribution in [0.4, 0.5) is 10.5 Å². The Morgan fingerprint density at radius 2 is 2.00 bits per heavy atom. The van der Waals surface area contributed by atoms with Gasteiger partial charge in [0.2, 0.25) is 0 Å². The van der Waals surface area contributed by atoms with Gasteiger partial charge in [0.15, 0.2) is 6.29 Å². The molecular formula is C12H15NO4. The van der Waals surface area contributed by atoms with E-state index < -0.39 is 12.4 Å². The van der Waals surface area contributed by atoms with E-state index in [4.69, 9.17) is 14.6 Å². The van der Waals surface area contributed by atoms with Crippen molar-refractivity contribution in [3.05, 3.63) is 29.8 Å². The Bertz CT molecular complexity index is 401. The first-order valence-electron chi connectivity index (χ1n) is 5.49. The highest BCUT2D eigenvalue weighted by Gasteiger charge is 2.22. The molecule has 0 atom stereocenters. The van der Waals surface area contributed by atoms with Crippen molar-refractivity contribution in [2.75, 3.05) is 25.2 Å². The number of rotatable bonds is 2. The molecule has 0 radical (unpaired) electrons. The van der Waals surface area contributed by atoms with Crippen molar-refractivity contribution in [2.24, 2.45) is 0 Å². The lowest BCUT2D eigenvalue weighted by atomic mass is 10.1. The van der Waals surface area contributed by atoms with Crippen LogP contribution in [0.5, 0.6) is 0 Å². The monoisotopic (exact) mass is 237 g/mol. The summed E-state index contributed by atoms with van der Waals surface area (Å²) >= 11 is 0. The van der Waals surface area contributed by atoms with Crippen molar-refractivity contribution in [3.63, 3.8) is 0 Å². The number of amides is 1. The predicted molar refractivity (Wildman–Crippen MR) is 62.1 cm³/mol. The SMILES string of the molecule is CN(C(=O)O)c1ccccc1C1OCCCO1. The van der Waals surface area contributed by atoms with Gasteiger partial charge in [0.1, 0.15) is 0 Å². The van der Waals surface area contributed by atoms with Gasteiger partial charge in [-0.3, -0.25) is 4.90 Å². The fourth-order valence-electron chi connectivity index (χ4n) is 1.76. The van der Waals surface area contributed by atoms with Crippen molar-refractivity contribution in [2.45, 2.75) is 12.7 Å². The Morgan fingerprint density at radius 1 is 1.35 bits per heavy atom. The molecule has 1 aliphatic rings. The summed E-state index contributed by atoms with van der Waals surface area (Å²) in [5.41, 5.74) is 1.34. The molecule has 2 rings (SSSR count). The Balaban J connectivity index is 2.29. The minimum atomic E-state index is -1.01. The summed E-state index contributed by atoms with van der Waals surface area (Å²) in [6.45, 7) is 1.27. The molecule has 1 saturated heterocycles. The second-order valence-electron chi connectivity index (χ2n) is 3.83. The van der Waals surface area contributed by atoms with E-state index in [1.165, 1.54) is 7.05 Å². The van der Waals surface area contributed by atoms with Gasteiger partial charge in [-0.1, -0.05) is 18.2 Å². The van der Waals surface area contributed by atoms with E-state index in [2.05, 4.69) is 0 Å². The third-order valence-corrected chi connectivity index (χ3v) is 2.67. The van der Waals surface area contributed by atoms with Gasteiger partial charge in [0, 0.05) is 12.6 Å². The number of benzene rings is 1. The van der Waals surface area contributed by atoms with Gasteiger partial charge in [-0.25, -0.2) is 4.79 Å². The second-order valence-corrected chi connectivity index (χ2v) is 3.83. The summed E-state index contributed by atoms with van der Waals surface area (Å²) in [6, 6.07) is 7.20. The zero-order valence-electron chi connectivity index (χ0n) is 9.63. The van der Waals surface area contributed by atoms with Crippen LogP contribution < -0.4 is 4.90 Å². The van der Waals surface area contributed by atoms with E-state index in [0.29, 0.717) is 18.9 Å². The number of nitrogens with zero attached hydrogens (tertiary/aromatic N) is 1. The molecule has 0 bridgehead atoms. The van der Waals surface area contributed by atoms with E-state index in [-0.39, 0.29) is 0 Å². The lowest BCUT2D eigenvalue weighted by molar-refractivity contribution is -0.182. The topological polar surface area (TPSA) is 59.0 Å². The van der Waals surface area contributed by atoms with E-state index in [1.807, 2.05) is 12.1 Å². The van der Waals surface area contributed by atoms with Crippen LogP contribution in [0.2, 0.25) is 0 Å². The van der Waals surface area contributed by atoms with Gasteiger partial charge >= 0.3 is 6.09 Å². The zero-order chi connectivity index (χ0) is 12.3. The quantitative estimate of drug-likeness (QED) is 0.856. The number of para-hydroxylation sites is 1. The fraction of sp³-hybridized carbons (Fsp3) is 0.417. The van der Waals surface area contributed by atoms with Crippen LogP contribution in [0.1, 0.15) is 18.3 Å². The number of ether oxygens (including phenoxy) is 2. The highest BCUT2D eigenvalue weighted by Crippen LogP contribution is 2.30. The Hall–Kier alpha value is -1.59. The molecule has 1 amide bonds. The van der Waals surface area contributed by atoms with Gasteiger partial charge in [0.05, 0.1) is 18.9 Å². The number of hydrogen-bond donors (Lipinski definition) is 1. The number of anilines is 1. The highest BCUT2D eigenvalue weighted by molar-refractivity contribution is 5.86. The van der Waals surface area contributed by atoms with Crippen molar-refractivity contribution < 1.29 is 19.4 Å². The summed E-state index contributed by atoms with van der Waals surface area (Å²) in [7, 11) is 1.50. The van der Waals surface area contributed by atoms with Crippen molar-refractivity contribution in [1.82, 2.24) is 0 Å². The van der Waals surface area contributed by atoms with Crippen molar-refractivity contribution in [1.29, 1.82) is 0 Å². The van der Waals surface area contributed by atoms with Gasteiger partial charge in [-0.2, -0.15) is 0 Å². The largest absolute Gasteiger partial charge is 0.465 e. The summed E-state index contributed by atoms with van der Waals surface area (Å²) in [4.78, 5) is 12.1. The molecule has 1 aromatic carbocycles. The van der Waals surface area contributed by atoms with Crippen LogP contribution in [0.3, 0.4) is 0 Å². The van der Waals surface area contributed by atoms with Gasteiger partial charge in [-0.05, 0) is 12.5 Å². The van der Waals surface area contributed by atoms with Crippen LogP contribution >= 0.6 is 0 Å². The molecule has 5 heteroatoms. The molecule has 0 aromatic heterocycles. The van der Waals surface area contributed by atoms with Crippen LogP contribution in [0.15, 0.2) is 24.3 Å². The summed E-state index contributed by atoms with van der Waals surface area (Å²) in [5.74, 6) is 0. The summed E-state index contributed by atoms with van der Waals surface area (Å²) in [6.07, 6.45) is -0.608. The molecule has 92 valence electrons. The first-order chi connectivity index (χ1) is 8.20. The Kier molecular flexibility index (Phi) is 3.61. The van der Waals surface area contributed by atoms with Crippen LogP contribution in [-0.2, 0) is 9.47 Å². The Morgan fingerprint density at radius 3 is 2.65 bits per heavy atom. The summed E-state index contributed by atoms with van der Waals surface area (Å²) in [5, 5.41) is 9.00. The standard InChI is InChI=1S/C12H15NO4/c1-13(12(14)15)10-6-3-2-5-9(10)11-16-7-4-8-17-11/h2-3,5-6,11H,4,7-8H2,1H3,(H,14,15). The lowest BCUT2D eigenvalue weighted by Crippen LogP contribution is -2.27. The van der Waals surface area contributed by atoms with Gasteiger partial charge in [-0.15, -0.1) is 0 Å². The molecule has 0 saturated carbocycles. The molecule has 17 heavy (non-hydrogen) atoms. The van der Waals surface area contributed by atoms with Crippen LogP contribution in [0.25, 0.3) is 0 Å². The minimum absolute atomic E-state index is 0.471. The lowest BCUT2D eigenvalue weighted by Gasteiger charge is -2.27. The number of hydrogen-bond acceptors (Lipinski definition) is 3. The minimum Gasteiger partial charge on any atom is -0.465 e.